The van der Waals surface area contributed by atoms with Crippen molar-refractivity contribution < 1.29 is 4.39 Å². The van der Waals surface area contributed by atoms with Gasteiger partial charge in [0.1, 0.15) is 5.82 Å². The summed E-state index contributed by atoms with van der Waals surface area (Å²) in [6.45, 7) is 0.926. The van der Waals surface area contributed by atoms with Gasteiger partial charge in [0.25, 0.3) is 0 Å². The molecule has 0 bridgehead atoms. The monoisotopic (exact) mass is 280 g/mol. The average Bonchev–Trinajstić information content (AvgIpc) is 2.47. The maximum absolute atomic E-state index is 13.2. The fourth-order valence-corrected chi connectivity index (χ4v) is 2.42. The molecule has 2 nitrogen and oxygen atoms in total. The van der Waals surface area contributed by atoms with Crippen LogP contribution in [0.1, 0.15) is 5.56 Å². The first-order valence-electron chi connectivity index (χ1n) is 6.91. The van der Waals surface area contributed by atoms with Crippen LogP contribution in [-0.4, -0.2) is 24.0 Å². The topological polar surface area (TPSA) is 16.1 Å². The second kappa shape index (κ2) is 5.62. The van der Waals surface area contributed by atoms with E-state index >= 15 is 0 Å². The van der Waals surface area contributed by atoms with Crippen LogP contribution in [0.2, 0.25) is 0 Å². The Bertz CT molecular complexity index is 764. The highest BCUT2D eigenvalue weighted by Gasteiger charge is 2.03. The van der Waals surface area contributed by atoms with Gasteiger partial charge in [-0.25, -0.2) is 4.39 Å². The van der Waals surface area contributed by atoms with Crippen LogP contribution in [0, 0.1) is 5.82 Å². The standard InChI is InChI=1S/C18H17FN2/c1-21(2)12-13-3-5-14(6-4-13)16-9-15-7-8-17(19)10-18(15)20-11-16/h3-11H,12H2,1-2H3. The third-order valence-corrected chi connectivity index (χ3v) is 3.43. The Morgan fingerprint density at radius 3 is 2.43 bits per heavy atom. The molecule has 0 radical (unpaired) electrons. The zero-order chi connectivity index (χ0) is 14.8. The largest absolute Gasteiger partial charge is 0.305 e. The minimum atomic E-state index is -0.254. The molecule has 1 heterocycles. The molecule has 3 aromatic rings. The van der Waals surface area contributed by atoms with Gasteiger partial charge in [-0.2, -0.15) is 0 Å². The summed E-state index contributed by atoms with van der Waals surface area (Å²) in [5.41, 5.74) is 4.13. The van der Waals surface area contributed by atoms with E-state index in [1.165, 1.54) is 17.7 Å². The Hall–Kier alpha value is -2.26. The molecular weight excluding hydrogens is 263 g/mol. The number of hydrogen-bond acceptors (Lipinski definition) is 2. The minimum absolute atomic E-state index is 0.254. The van der Waals surface area contributed by atoms with Gasteiger partial charge in [-0.1, -0.05) is 24.3 Å². The number of benzene rings is 2. The predicted octanol–water partition coefficient (Wildman–Crippen LogP) is 4.10. The van der Waals surface area contributed by atoms with Crippen LogP contribution >= 0.6 is 0 Å². The molecule has 0 fully saturated rings. The highest BCUT2D eigenvalue weighted by atomic mass is 19.1. The van der Waals surface area contributed by atoms with Crippen molar-refractivity contribution in [3.63, 3.8) is 0 Å². The molecule has 0 saturated carbocycles. The Morgan fingerprint density at radius 2 is 1.71 bits per heavy atom. The predicted molar refractivity (Wildman–Crippen MR) is 84.5 cm³/mol. The molecule has 0 aliphatic heterocycles. The van der Waals surface area contributed by atoms with Gasteiger partial charge < -0.3 is 4.90 Å². The second-order valence-corrected chi connectivity index (χ2v) is 5.50. The van der Waals surface area contributed by atoms with E-state index in [4.69, 9.17) is 0 Å². The third-order valence-electron chi connectivity index (χ3n) is 3.43. The normalized spacial score (nSPS) is 11.2. The van der Waals surface area contributed by atoms with Crippen molar-refractivity contribution in [2.24, 2.45) is 0 Å². The quantitative estimate of drug-likeness (QED) is 0.718. The summed E-state index contributed by atoms with van der Waals surface area (Å²) < 4.78 is 13.2. The number of pyridine rings is 1. The van der Waals surface area contributed by atoms with Crippen molar-refractivity contribution in [2.75, 3.05) is 14.1 Å². The summed E-state index contributed by atoms with van der Waals surface area (Å²) in [7, 11) is 4.11. The van der Waals surface area contributed by atoms with Crippen molar-refractivity contribution >= 4 is 10.9 Å². The molecule has 0 amide bonds. The first-order chi connectivity index (χ1) is 10.1. The summed E-state index contributed by atoms with van der Waals surface area (Å²) in [5.74, 6) is -0.254. The lowest BCUT2D eigenvalue weighted by atomic mass is 10.0. The third kappa shape index (κ3) is 3.09. The molecule has 0 unspecified atom stereocenters. The molecular formula is C18H17FN2. The summed E-state index contributed by atoms with van der Waals surface area (Å²) in [4.78, 5) is 6.48. The fourth-order valence-electron chi connectivity index (χ4n) is 2.42. The van der Waals surface area contributed by atoms with Crippen LogP contribution in [-0.2, 0) is 6.54 Å². The van der Waals surface area contributed by atoms with Gasteiger partial charge in [0.05, 0.1) is 5.52 Å². The van der Waals surface area contributed by atoms with Crippen LogP contribution in [0.4, 0.5) is 4.39 Å². The van der Waals surface area contributed by atoms with Gasteiger partial charge in [-0.3, -0.25) is 4.98 Å². The van der Waals surface area contributed by atoms with E-state index < -0.39 is 0 Å². The molecule has 3 rings (SSSR count). The van der Waals surface area contributed by atoms with Crippen LogP contribution in [0.5, 0.6) is 0 Å². The summed E-state index contributed by atoms with van der Waals surface area (Å²) in [6.07, 6.45) is 1.79. The molecule has 0 spiro atoms. The Balaban J connectivity index is 1.94. The zero-order valence-electron chi connectivity index (χ0n) is 12.2. The van der Waals surface area contributed by atoms with E-state index in [2.05, 4.69) is 48.2 Å². The van der Waals surface area contributed by atoms with Gasteiger partial charge in [-0.05, 0) is 43.4 Å². The SMILES string of the molecule is CN(C)Cc1ccc(-c2cnc3cc(F)ccc3c2)cc1. The number of halogens is 1. The van der Waals surface area contributed by atoms with Gasteiger partial charge in [0.2, 0.25) is 0 Å². The summed E-state index contributed by atoms with van der Waals surface area (Å²) in [5, 5.41) is 0.950. The van der Waals surface area contributed by atoms with Gasteiger partial charge >= 0.3 is 0 Å². The first kappa shape index (κ1) is 13.7. The Labute approximate surface area is 123 Å². The van der Waals surface area contributed by atoms with Crippen LogP contribution in [0.15, 0.2) is 54.7 Å². The van der Waals surface area contributed by atoms with Crippen molar-refractivity contribution in [1.82, 2.24) is 9.88 Å². The molecule has 0 aliphatic rings. The van der Waals surface area contributed by atoms with Gasteiger partial charge in [-0.15, -0.1) is 0 Å². The van der Waals surface area contributed by atoms with E-state index in [-0.39, 0.29) is 5.82 Å². The maximum Gasteiger partial charge on any atom is 0.125 e. The number of aromatic nitrogens is 1. The van der Waals surface area contributed by atoms with Crippen LogP contribution in [0.3, 0.4) is 0 Å². The maximum atomic E-state index is 13.2. The van der Waals surface area contributed by atoms with Crippen LogP contribution in [0.25, 0.3) is 22.0 Å². The molecule has 0 N–H and O–H groups in total. The molecule has 3 heteroatoms. The van der Waals surface area contributed by atoms with E-state index in [1.807, 2.05) is 6.07 Å². The number of fused-ring (bicyclic) bond motifs is 1. The Kier molecular flexibility index (Phi) is 3.67. The van der Waals surface area contributed by atoms with Crippen LogP contribution < -0.4 is 0 Å². The molecule has 0 aliphatic carbocycles. The molecule has 0 saturated heterocycles. The minimum Gasteiger partial charge on any atom is -0.305 e. The van der Waals surface area contributed by atoms with E-state index in [0.29, 0.717) is 5.52 Å². The molecule has 106 valence electrons. The summed E-state index contributed by atoms with van der Waals surface area (Å²) in [6, 6.07) is 15.2. The zero-order valence-corrected chi connectivity index (χ0v) is 12.2. The summed E-state index contributed by atoms with van der Waals surface area (Å²) >= 11 is 0. The number of nitrogens with zero attached hydrogens (tertiary/aromatic N) is 2. The molecule has 21 heavy (non-hydrogen) atoms. The highest BCUT2D eigenvalue weighted by molar-refractivity contribution is 5.83. The lowest BCUT2D eigenvalue weighted by Gasteiger charge is -2.10. The molecule has 2 aromatic carbocycles. The van der Waals surface area contributed by atoms with Crippen molar-refractivity contribution in [1.29, 1.82) is 0 Å². The van der Waals surface area contributed by atoms with Gasteiger partial charge in [0, 0.05) is 29.8 Å². The molecule has 1 aromatic heterocycles. The van der Waals surface area contributed by atoms with E-state index in [0.717, 1.165) is 23.1 Å². The van der Waals surface area contributed by atoms with E-state index in [9.17, 15) is 4.39 Å². The number of hydrogen-bond donors (Lipinski definition) is 0. The molecule has 0 atom stereocenters. The smallest absolute Gasteiger partial charge is 0.125 e. The lowest BCUT2D eigenvalue weighted by Crippen LogP contribution is -2.10. The van der Waals surface area contributed by atoms with Gasteiger partial charge in [0.15, 0.2) is 0 Å². The lowest BCUT2D eigenvalue weighted by molar-refractivity contribution is 0.402. The van der Waals surface area contributed by atoms with Crippen molar-refractivity contribution in [2.45, 2.75) is 6.54 Å². The van der Waals surface area contributed by atoms with Crippen molar-refractivity contribution in [3.8, 4) is 11.1 Å². The number of rotatable bonds is 3. The van der Waals surface area contributed by atoms with E-state index in [1.54, 1.807) is 12.3 Å². The average molecular weight is 280 g/mol. The second-order valence-electron chi connectivity index (χ2n) is 5.50. The highest BCUT2D eigenvalue weighted by Crippen LogP contribution is 2.23. The first-order valence-corrected chi connectivity index (χ1v) is 6.91. The fraction of sp³-hybridized carbons (Fsp3) is 0.167. The Morgan fingerprint density at radius 1 is 0.952 bits per heavy atom. The van der Waals surface area contributed by atoms with Crippen molar-refractivity contribution in [3.05, 3.63) is 66.1 Å².